The Morgan fingerprint density at radius 2 is 1.81 bits per heavy atom. The predicted molar refractivity (Wildman–Crippen MR) is 104 cm³/mol. The maximum atomic E-state index is 13.0. The van der Waals surface area contributed by atoms with E-state index in [1.54, 1.807) is 4.90 Å². The Kier molecular flexibility index (Phi) is 3.91. The van der Waals surface area contributed by atoms with Gasteiger partial charge in [-0.15, -0.1) is 0 Å². The van der Waals surface area contributed by atoms with Crippen molar-refractivity contribution in [3.05, 3.63) is 65.0 Å². The van der Waals surface area contributed by atoms with E-state index in [-0.39, 0.29) is 18.2 Å². The number of aryl methyl sites for hydroxylation is 1. The average Bonchev–Trinajstić information content (AvgIpc) is 3.07. The van der Waals surface area contributed by atoms with Crippen molar-refractivity contribution in [3.8, 4) is 0 Å². The summed E-state index contributed by atoms with van der Waals surface area (Å²) in [5.41, 5.74) is 4.30. The van der Waals surface area contributed by atoms with Gasteiger partial charge in [0.15, 0.2) is 5.78 Å². The first-order valence-corrected chi connectivity index (χ1v) is 9.06. The molecule has 26 heavy (non-hydrogen) atoms. The van der Waals surface area contributed by atoms with Gasteiger partial charge in [0.2, 0.25) is 0 Å². The molecule has 0 bridgehead atoms. The van der Waals surface area contributed by atoms with Gasteiger partial charge in [0, 0.05) is 34.4 Å². The number of hydrogen-bond acceptors (Lipinski definition) is 2. The molecule has 1 aliphatic rings. The zero-order valence-electron chi connectivity index (χ0n) is 15.4. The number of rotatable bonds is 5. The van der Waals surface area contributed by atoms with Gasteiger partial charge >= 0.3 is 0 Å². The number of amides is 1. The molecule has 4 heteroatoms. The Labute approximate surface area is 153 Å². The van der Waals surface area contributed by atoms with E-state index in [1.165, 1.54) is 0 Å². The number of aromatic nitrogens is 1. The van der Waals surface area contributed by atoms with Crippen LogP contribution in [0.4, 0.5) is 5.69 Å². The van der Waals surface area contributed by atoms with Gasteiger partial charge in [0.05, 0.1) is 12.2 Å². The second-order valence-electron chi connectivity index (χ2n) is 6.93. The summed E-state index contributed by atoms with van der Waals surface area (Å²) in [5.74, 6) is -0.105. The van der Waals surface area contributed by atoms with Crippen LogP contribution in [0.15, 0.2) is 42.5 Å². The van der Waals surface area contributed by atoms with E-state index in [1.807, 2.05) is 56.3 Å². The van der Waals surface area contributed by atoms with Crippen LogP contribution in [0.1, 0.15) is 45.4 Å². The molecular formula is C22H22N2O2. The summed E-state index contributed by atoms with van der Waals surface area (Å²) in [6.07, 6.45) is 1.02. The maximum Gasteiger partial charge on any atom is 0.259 e. The molecule has 0 aliphatic carbocycles. The molecule has 4 rings (SSSR count). The van der Waals surface area contributed by atoms with Gasteiger partial charge in [-0.2, -0.15) is 0 Å². The van der Waals surface area contributed by atoms with Gasteiger partial charge in [-0.3, -0.25) is 14.5 Å². The molecule has 0 unspecified atom stereocenters. The number of nitrogens with zero attached hydrogens (tertiary/aromatic N) is 2. The summed E-state index contributed by atoms with van der Waals surface area (Å²) in [5, 5.41) is 1.98. The number of hydrogen-bond donors (Lipinski definition) is 0. The van der Waals surface area contributed by atoms with Crippen molar-refractivity contribution in [2.45, 2.75) is 33.7 Å². The molecule has 132 valence electrons. The fraction of sp³-hybridized carbons (Fsp3) is 0.273. The minimum absolute atomic E-state index is 0.0152. The van der Waals surface area contributed by atoms with Gasteiger partial charge in [-0.25, -0.2) is 0 Å². The summed E-state index contributed by atoms with van der Waals surface area (Å²) >= 11 is 0. The SMILES string of the molecule is CCCn1c(C)cc(C(=O)CN2C(=O)c3cccc4cccc2c34)c1C. The minimum atomic E-state index is -0.0903. The molecule has 0 saturated carbocycles. The monoisotopic (exact) mass is 346 g/mol. The smallest absolute Gasteiger partial charge is 0.259 e. The molecule has 1 amide bonds. The number of Topliss-reactive ketones (excluding diaryl/α,β-unsaturated/α-hetero) is 1. The van der Waals surface area contributed by atoms with Crippen LogP contribution < -0.4 is 4.90 Å². The largest absolute Gasteiger partial charge is 0.348 e. The Morgan fingerprint density at radius 3 is 2.54 bits per heavy atom. The lowest BCUT2D eigenvalue weighted by Crippen LogP contribution is -2.32. The molecule has 4 nitrogen and oxygen atoms in total. The van der Waals surface area contributed by atoms with Crippen molar-refractivity contribution < 1.29 is 9.59 Å². The minimum Gasteiger partial charge on any atom is -0.348 e. The molecule has 1 aliphatic heterocycles. The Hall–Kier alpha value is -2.88. The van der Waals surface area contributed by atoms with Crippen molar-refractivity contribution in [1.82, 2.24) is 4.57 Å². The van der Waals surface area contributed by atoms with Crippen LogP contribution in [-0.4, -0.2) is 22.8 Å². The van der Waals surface area contributed by atoms with Crippen LogP contribution in [-0.2, 0) is 6.54 Å². The van der Waals surface area contributed by atoms with E-state index in [0.717, 1.165) is 40.8 Å². The summed E-state index contributed by atoms with van der Waals surface area (Å²) < 4.78 is 2.18. The highest BCUT2D eigenvalue weighted by Gasteiger charge is 2.31. The van der Waals surface area contributed by atoms with E-state index in [4.69, 9.17) is 0 Å². The van der Waals surface area contributed by atoms with Gasteiger partial charge in [-0.1, -0.05) is 31.2 Å². The molecule has 2 aromatic carbocycles. The second-order valence-corrected chi connectivity index (χ2v) is 6.93. The van der Waals surface area contributed by atoms with Crippen molar-refractivity contribution in [3.63, 3.8) is 0 Å². The summed E-state index contributed by atoms with van der Waals surface area (Å²) in [6.45, 7) is 7.11. The number of anilines is 1. The van der Waals surface area contributed by atoms with E-state index in [2.05, 4.69) is 11.5 Å². The molecule has 1 aromatic heterocycles. The van der Waals surface area contributed by atoms with E-state index in [0.29, 0.717) is 11.1 Å². The van der Waals surface area contributed by atoms with E-state index in [9.17, 15) is 9.59 Å². The molecule has 0 atom stereocenters. The third-order valence-corrected chi connectivity index (χ3v) is 5.27. The molecule has 0 fully saturated rings. The molecule has 0 spiro atoms. The Balaban J connectivity index is 1.69. The first-order valence-electron chi connectivity index (χ1n) is 9.06. The van der Waals surface area contributed by atoms with E-state index >= 15 is 0 Å². The standard InChI is InChI=1S/C22H22N2O2/c1-4-11-23-14(2)12-18(15(23)3)20(25)13-24-19-10-6-8-16-7-5-9-17(21(16)19)22(24)26/h5-10,12H,4,11,13H2,1-3H3. The summed E-state index contributed by atoms with van der Waals surface area (Å²) in [4.78, 5) is 27.5. The van der Waals surface area contributed by atoms with Crippen LogP contribution in [0.3, 0.4) is 0 Å². The topological polar surface area (TPSA) is 42.3 Å². The second kappa shape index (κ2) is 6.13. The average molecular weight is 346 g/mol. The van der Waals surface area contributed by atoms with Crippen LogP contribution in [0.5, 0.6) is 0 Å². The van der Waals surface area contributed by atoms with Gasteiger partial charge in [0.25, 0.3) is 5.91 Å². The zero-order chi connectivity index (χ0) is 18.4. The first-order chi connectivity index (χ1) is 12.5. The van der Waals surface area contributed by atoms with Crippen LogP contribution in [0.2, 0.25) is 0 Å². The van der Waals surface area contributed by atoms with Crippen molar-refractivity contribution in [2.24, 2.45) is 0 Å². The van der Waals surface area contributed by atoms with Crippen molar-refractivity contribution in [1.29, 1.82) is 0 Å². The Bertz CT molecular complexity index is 1040. The molecule has 0 radical (unpaired) electrons. The third kappa shape index (κ3) is 2.37. The fourth-order valence-corrected chi connectivity index (χ4v) is 4.02. The van der Waals surface area contributed by atoms with Gasteiger partial charge in [0.1, 0.15) is 0 Å². The van der Waals surface area contributed by atoms with Gasteiger partial charge in [-0.05, 0) is 43.9 Å². The first kappa shape index (κ1) is 16.6. The number of ketones is 1. The zero-order valence-corrected chi connectivity index (χ0v) is 15.4. The molecule has 0 N–H and O–H groups in total. The van der Waals surface area contributed by atoms with Crippen LogP contribution in [0, 0.1) is 13.8 Å². The molecule has 0 saturated heterocycles. The third-order valence-electron chi connectivity index (χ3n) is 5.27. The number of benzene rings is 2. The normalized spacial score (nSPS) is 13.0. The lowest BCUT2D eigenvalue weighted by molar-refractivity contribution is 0.0941. The van der Waals surface area contributed by atoms with Crippen LogP contribution >= 0.6 is 0 Å². The predicted octanol–water partition coefficient (Wildman–Crippen LogP) is 4.51. The lowest BCUT2D eigenvalue weighted by atomic mass is 10.1. The molecule has 2 heterocycles. The molecular weight excluding hydrogens is 324 g/mol. The Morgan fingerprint density at radius 1 is 1.08 bits per heavy atom. The highest BCUT2D eigenvalue weighted by molar-refractivity contribution is 6.26. The molecule has 3 aromatic rings. The maximum absolute atomic E-state index is 13.0. The highest BCUT2D eigenvalue weighted by atomic mass is 16.2. The summed E-state index contributed by atoms with van der Waals surface area (Å²) in [7, 11) is 0. The number of carbonyl (C=O) groups is 2. The fourth-order valence-electron chi connectivity index (χ4n) is 4.02. The van der Waals surface area contributed by atoms with E-state index < -0.39 is 0 Å². The van der Waals surface area contributed by atoms with Crippen molar-refractivity contribution in [2.75, 3.05) is 11.4 Å². The van der Waals surface area contributed by atoms with Gasteiger partial charge < -0.3 is 4.57 Å². The highest BCUT2D eigenvalue weighted by Crippen LogP contribution is 2.37. The van der Waals surface area contributed by atoms with Crippen molar-refractivity contribution >= 4 is 28.2 Å². The lowest BCUT2D eigenvalue weighted by Gasteiger charge is -2.17. The van der Waals surface area contributed by atoms with Crippen LogP contribution in [0.25, 0.3) is 10.8 Å². The number of carbonyl (C=O) groups excluding carboxylic acids is 2. The quantitative estimate of drug-likeness (QED) is 0.638. The summed E-state index contributed by atoms with van der Waals surface area (Å²) in [6, 6.07) is 13.5.